The van der Waals surface area contributed by atoms with E-state index in [1.165, 1.54) is 12.1 Å². The van der Waals surface area contributed by atoms with Crippen LogP contribution in [0.2, 0.25) is 5.02 Å². The molecule has 0 radical (unpaired) electrons. The topological polar surface area (TPSA) is 72.2 Å². The average molecular weight is 315 g/mol. The first-order chi connectivity index (χ1) is 9.40. The smallest absolute Gasteiger partial charge is 0.245 e. The highest BCUT2D eigenvalue weighted by Crippen LogP contribution is 2.21. The van der Waals surface area contributed by atoms with Crippen LogP contribution < -0.4 is 10.5 Å². The quantitative estimate of drug-likeness (QED) is 0.852. The van der Waals surface area contributed by atoms with Gasteiger partial charge < -0.3 is 5.73 Å². The van der Waals surface area contributed by atoms with Crippen molar-refractivity contribution in [2.24, 2.45) is 0 Å². The van der Waals surface area contributed by atoms with E-state index in [4.69, 9.17) is 17.3 Å². The third kappa shape index (κ3) is 3.27. The van der Waals surface area contributed by atoms with Gasteiger partial charge in [0.1, 0.15) is 10.7 Å². The minimum absolute atomic E-state index is 0.00331. The molecule has 0 aliphatic carbocycles. The first-order valence-corrected chi connectivity index (χ1v) is 7.54. The summed E-state index contributed by atoms with van der Waals surface area (Å²) in [6.45, 7) is -0.00331. The highest BCUT2D eigenvalue weighted by Gasteiger charge is 2.21. The first kappa shape index (κ1) is 14.8. The molecule has 3 N–H and O–H groups in total. The van der Waals surface area contributed by atoms with Gasteiger partial charge in [0.15, 0.2) is 0 Å². The number of nitrogens with one attached hydrogen (secondary N) is 1. The molecular formula is C13H12ClFN2O2S. The van der Waals surface area contributed by atoms with E-state index in [9.17, 15) is 12.8 Å². The predicted molar refractivity (Wildman–Crippen MR) is 76.3 cm³/mol. The molecule has 106 valence electrons. The normalized spacial score (nSPS) is 11.5. The summed E-state index contributed by atoms with van der Waals surface area (Å²) in [4.78, 5) is -0.540. The van der Waals surface area contributed by atoms with Gasteiger partial charge in [-0.25, -0.2) is 17.5 Å². The third-order valence-corrected chi connectivity index (χ3v) is 4.35. The summed E-state index contributed by atoms with van der Waals surface area (Å²) in [5.74, 6) is -0.886. The SMILES string of the molecule is Nc1cccc(F)c1S(=O)(=O)NCc1cccc(Cl)c1. The molecule has 0 fully saturated rings. The van der Waals surface area contributed by atoms with E-state index in [0.29, 0.717) is 10.6 Å². The fraction of sp³-hybridized carbons (Fsp3) is 0.0769. The summed E-state index contributed by atoms with van der Waals surface area (Å²) in [5.41, 5.74) is 6.05. The van der Waals surface area contributed by atoms with Gasteiger partial charge in [0, 0.05) is 11.6 Å². The molecule has 0 saturated carbocycles. The summed E-state index contributed by atoms with van der Waals surface area (Å²) in [5, 5.41) is 0.493. The standard InChI is InChI=1S/C13H12ClFN2O2S/c14-10-4-1-3-9(7-10)8-17-20(18,19)13-11(15)5-2-6-12(13)16/h1-7,17H,8,16H2. The number of sulfonamides is 1. The molecule has 0 amide bonds. The molecule has 0 bridgehead atoms. The van der Waals surface area contributed by atoms with Crippen molar-refractivity contribution in [3.63, 3.8) is 0 Å². The highest BCUT2D eigenvalue weighted by atomic mass is 35.5. The van der Waals surface area contributed by atoms with E-state index in [2.05, 4.69) is 4.72 Å². The molecular weight excluding hydrogens is 303 g/mol. The van der Waals surface area contributed by atoms with E-state index < -0.39 is 20.7 Å². The maximum Gasteiger partial charge on any atom is 0.245 e. The number of anilines is 1. The molecule has 0 aliphatic heterocycles. The highest BCUT2D eigenvalue weighted by molar-refractivity contribution is 7.89. The zero-order valence-corrected chi connectivity index (χ0v) is 11.9. The number of nitrogen functional groups attached to an aromatic ring is 1. The monoisotopic (exact) mass is 314 g/mol. The Balaban J connectivity index is 2.24. The Labute approximate surface area is 121 Å². The number of hydrogen-bond donors (Lipinski definition) is 2. The second-order valence-electron chi connectivity index (χ2n) is 4.11. The first-order valence-electron chi connectivity index (χ1n) is 5.68. The van der Waals surface area contributed by atoms with Crippen molar-refractivity contribution in [2.75, 3.05) is 5.73 Å². The van der Waals surface area contributed by atoms with Crippen LogP contribution in [-0.4, -0.2) is 8.42 Å². The average Bonchev–Trinajstić information content (AvgIpc) is 2.36. The Bertz CT molecular complexity index is 715. The van der Waals surface area contributed by atoms with Gasteiger partial charge in [-0.05, 0) is 29.8 Å². The van der Waals surface area contributed by atoms with Crippen LogP contribution in [0.1, 0.15) is 5.56 Å². The fourth-order valence-electron chi connectivity index (χ4n) is 1.71. The molecule has 2 rings (SSSR count). The summed E-state index contributed by atoms with van der Waals surface area (Å²) in [7, 11) is -4.03. The Kier molecular flexibility index (Phi) is 4.27. The second kappa shape index (κ2) is 5.78. The minimum Gasteiger partial charge on any atom is -0.398 e. The molecule has 4 nitrogen and oxygen atoms in total. The van der Waals surface area contributed by atoms with Crippen molar-refractivity contribution in [3.8, 4) is 0 Å². The Morgan fingerprint density at radius 2 is 1.90 bits per heavy atom. The van der Waals surface area contributed by atoms with Crippen molar-refractivity contribution >= 4 is 27.3 Å². The largest absolute Gasteiger partial charge is 0.398 e. The summed E-state index contributed by atoms with van der Waals surface area (Å²) in [6.07, 6.45) is 0. The lowest BCUT2D eigenvalue weighted by molar-refractivity contribution is 0.558. The van der Waals surface area contributed by atoms with Crippen molar-refractivity contribution < 1.29 is 12.8 Å². The van der Waals surface area contributed by atoms with Crippen molar-refractivity contribution in [1.82, 2.24) is 4.72 Å². The lowest BCUT2D eigenvalue weighted by Crippen LogP contribution is -2.25. The van der Waals surface area contributed by atoms with Gasteiger partial charge in [-0.15, -0.1) is 0 Å². The summed E-state index contributed by atoms with van der Waals surface area (Å²) < 4.78 is 40.0. The fourth-order valence-corrected chi connectivity index (χ4v) is 3.12. The minimum atomic E-state index is -4.03. The van der Waals surface area contributed by atoms with Gasteiger partial charge in [0.25, 0.3) is 0 Å². The Hall–Kier alpha value is -1.63. The number of rotatable bonds is 4. The van der Waals surface area contributed by atoms with Gasteiger partial charge >= 0.3 is 0 Å². The van der Waals surface area contributed by atoms with Crippen LogP contribution in [0.3, 0.4) is 0 Å². The predicted octanol–water partition coefficient (Wildman–Crippen LogP) is 2.54. The van der Waals surface area contributed by atoms with E-state index in [-0.39, 0.29) is 12.2 Å². The molecule has 20 heavy (non-hydrogen) atoms. The van der Waals surface area contributed by atoms with Gasteiger partial charge in [0.2, 0.25) is 10.0 Å². The maximum absolute atomic E-state index is 13.6. The van der Waals surface area contributed by atoms with Crippen LogP contribution in [0.25, 0.3) is 0 Å². The van der Waals surface area contributed by atoms with E-state index in [1.54, 1.807) is 24.3 Å². The van der Waals surface area contributed by atoms with E-state index in [1.807, 2.05) is 0 Å². The molecule has 0 aromatic heterocycles. The van der Waals surface area contributed by atoms with Crippen LogP contribution in [0.15, 0.2) is 47.4 Å². The van der Waals surface area contributed by atoms with Crippen molar-refractivity contribution in [2.45, 2.75) is 11.4 Å². The number of hydrogen-bond acceptors (Lipinski definition) is 3. The Morgan fingerprint density at radius 1 is 1.20 bits per heavy atom. The zero-order chi connectivity index (χ0) is 14.8. The lowest BCUT2D eigenvalue weighted by Gasteiger charge is -2.10. The molecule has 0 aliphatic rings. The summed E-state index contributed by atoms with van der Waals surface area (Å²) >= 11 is 5.81. The van der Waals surface area contributed by atoms with Gasteiger partial charge in [-0.3, -0.25) is 0 Å². The second-order valence-corrected chi connectivity index (χ2v) is 6.25. The van der Waals surface area contributed by atoms with E-state index in [0.717, 1.165) is 6.07 Å². The van der Waals surface area contributed by atoms with Gasteiger partial charge in [-0.2, -0.15) is 0 Å². The third-order valence-electron chi connectivity index (χ3n) is 2.62. The van der Waals surface area contributed by atoms with Gasteiger partial charge in [-0.1, -0.05) is 29.8 Å². The lowest BCUT2D eigenvalue weighted by atomic mass is 10.2. The maximum atomic E-state index is 13.6. The van der Waals surface area contributed by atoms with Crippen LogP contribution in [0.5, 0.6) is 0 Å². The molecule has 2 aromatic rings. The van der Waals surface area contributed by atoms with Crippen LogP contribution in [0, 0.1) is 5.82 Å². The van der Waals surface area contributed by atoms with E-state index >= 15 is 0 Å². The number of halogens is 2. The molecule has 0 unspecified atom stereocenters. The van der Waals surface area contributed by atoms with Crippen LogP contribution in [-0.2, 0) is 16.6 Å². The van der Waals surface area contributed by atoms with Crippen molar-refractivity contribution in [1.29, 1.82) is 0 Å². The Morgan fingerprint density at radius 3 is 2.55 bits per heavy atom. The molecule has 0 spiro atoms. The van der Waals surface area contributed by atoms with Crippen LogP contribution in [0.4, 0.5) is 10.1 Å². The molecule has 0 saturated heterocycles. The number of benzene rings is 2. The number of nitrogens with two attached hydrogens (primary N) is 1. The van der Waals surface area contributed by atoms with Crippen molar-refractivity contribution in [3.05, 3.63) is 58.9 Å². The molecule has 0 heterocycles. The van der Waals surface area contributed by atoms with Gasteiger partial charge in [0.05, 0.1) is 5.69 Å². The molecule has 0 atom stereocenters. The molecule has 7 heteroatoms. The summed E-state index contributed by atoms with van der Waals surface area (Å²) in [6, 6.07) is 10.4. The molecule has 2 aromatic carbocycles. The van der Waals surface area contributed by atoms with Crippen LogP contribution >= 0.6 is 11.6 Å². The zero-order valence-electron chi connectivity index (χ0n) is 10.3.